The van der Waals surface area contributed by atoms with Crippen molar-refractivity contribution in [1.82, 2.24) is 14.9 Å². The van der Waals surface area contributed by atoms with Crippen molar-refractivity contribution in [3.8, 4) is 11.5 Å². The molecular formula is C18H17ClF3N3O4. The number of rotatable bonds is 6. The van der Waals surface area contributed by atoms with Crippen LogP contribution in [0.3, 0.4) is 0 Å². The number of fused-ring (bicyclic) bond motifs is 1. The number of aliphatic hydroxyl groups is 1. The standard InChI is InChI=1S/C18H17ClF3N3O4/c1-25-7-6-24-16(25)17(27,18(20,21)22)4-5-23-14(26)3-2-11-8-12(19)15-13(9-11)28-10-29-15/h2-3,6-9,27H,4-5,10H2,1H3,(H,23,26)/b3-2+. The fraction of sp³-hybridized carbons (Fsp3) is 0.333. The van der Waals surface area contributed by atoms with Crippen LogP contribution in [0.1, 0.15) is 17.8 Å². The molecule has 0 saturated carbocycles. The van der Waals surface area contributed by atoms with Gasteiger partial charge in [0.1, 0.15) is 5.82 Å². The van der Waals surface area contributed by atoms with Gasteiger partial charge in [0.05, 0.1) is 5.02 Å². The van der Waals surface area contributed by atoms with Gasteiger partial charge in [0.2, 0.25) is 18.3 Å². The Labute approximate surface area is 168 Å². The van der Waals surface area contributed by atoms with E-state index in [1.165, 1.54) is 19.3 Å². The Kier molecular flexibility index (Phi) is 5.76. The molecular weight excluding hydrogens is 415 g/mol. The third kappa shape index (κ3) is 4.33. The molecule has 0 aliphatic carbocycles. The molecule has 0 bridgehead atoms. The van der Waals surface area contributed by atoms with Gasteiger partial charge in [-0.2, -0.15) is 13.2 Å². The molecule has 1 unspecified atom stereocenters. The lowest BCUT2D eigenvalue weighted by Gasteiger charge is -2.29. The highest BCUT2D eigenvalue weighted by Crippen LogP contribution is 2.41. The molecule has 0 radical (unpaired) electrons. The topological polar surface area (TPSA) is 85.6 Å². The maximum Gasteiger partial charge on any atom is 0.424 e. The van der Waals surface area contributed by atoms with E-state index in [4.69, 9.17) is 21.1 Å². The minimum absolute atomic E-state index is 0.0425. The van der Waals surface area contributed by atoms with E-state index in [-0.39, 0.29) is 6.79 Å². The first kappa shape index (κ1) is 21.0. The molecule has 156 valence electrons. The zero-order chi connectivity index (χ0) is 21.2. The summed E-state index contributed by atoms with van der Waals surface area (Å²) in [4.78, 5) is 15.5. The van der Waals surface area contributed by atoms with Gasteiger partial charge in [-0.15, -0.1) is 0 Å². The molecule has 3 rings (SSSR count). The molecule has 0 spiro atoms. The number of alkyl halides is 3. The minimum Gasteiger partial charge on any atom is -0.454 e. The molecule has 1 aliphatic rings. The summed E-state index contributed by atoms with van der Waals surface area (Å²) < 4.78 is 51.8. The van der Waals surface area contributed by atoms with E-state index in [1.807, 2.05) is 0 Å². The molecule has 2 aromatic rings. The van der Waals surface area contributed by atoms with Crippen molar-refractivity contribution < 1.29 is 32.5 Å². The first-order valence-electron chi connectivity index (χ1n) is 8.44. The van der Waals surface area contributed by atoms with E-state index < -0.39 is 36.5 Å². The minimum atomic E-state index is -4.96. The molecule has 11 heteroatoms. The Morgan fingerprint density at radius 2 is 2.17 bits per heavy atom. The lowest BCUT2D eigenvalue weighted by Crippen LogP contribution is -2.46. The number of carbonyl (C=O) groups excluding carboxylic acids is 1. The number of carbonyl (C=O) groups is 1. The van der Waals surface area contributed by atoms with Crippen molar-refractivity contribution in [1.29, 1.82) is 0 Å². The Morgan fingerprint density at radius 1 is 1.41 bits per heavy atom. The monoisotopic (exact) mass is 431 g/mol. The quantitative estimate of drug-likeness (QED) is 0.687. The summed E-state index contributed by atoms with van der Waals surface area (Å²) in [5.74, 6) is -0.343. The highest BCUT2D eigenvalue weighted by atomic mass is 35.5. The number of aryl methyl sites for hydroxylation is 1. The summed E-state index contributed by atoms with van der Waals surface area (Å²) in [6.07, 6.45) is -0.737. The van der Waals surface area contributed by atoms with Gasteiger partial charge >= 0.3 is 6.18 Å². The zero-order valence-electron chi connectivity index (χ0n) is 15.2. The third-order valence-corrected chi connectivity index (χ3v) is 4.60. The lowest BCUT2D eigenvalue weighted by molar-refractivity contribution is -0.272. The Morgan fingerprint density at radius 3 is 2.83 bits per heavy atom. The first-order chi connectivity index (χ1) is 13.6. The fourth-order valence-electron chi connectivity index (χ4n) is 2.83. The maximum atomic E-state index is 13.4. The molecule has 0 saturated heterocycles. The number of aromatic nitrogens is 2. The van der Waals surface area contributed by atoms with Crippen LogP contribution in [0.2, 0.25) is 5.02 Å². The molecule has 1 aliphatic heterocycles. The number of hydrogen-bond donors (Lipinski definition) is 2. The summed E-state index contributed by atoms with van der Waals surface area (Å²) in [6, 6.07) is 3.17. The maximum absolute atomic E-state index is 13.4. The normalized spacial score (nSPS) is 15.5. The fourth-order valence-corrected chi connectivity index (χ4v) is 3.10. The van der Waals surface area contributed by atoms with Crippen molar-refractivity contribution in [3.63, 3.8) is 0 Å². The van der Waals surface area contributed by atoms with Crippen LogP contribution in [0, 0.1) is 0 Å². The van der Waals surface area contributed by atoms with Crippen molar-refractivity contribution in [3.05, 3.63) is 47.0 Å². The van der Waals surface area contributed by atoms with Crippen LogP contribution in [0.25, 0.3) is 6.08 Å². The molecule has 1 aromatic heterocycles. The van der Waals surface area contributed by atoms with E-state index >= 15 is 0 Å². The van der Waals surface area contributed by atoms with Gasteiger partial charge in [-0.3, -0.25) is 4.79 Å². The third-order valence-electron chi connectivity index (χ3n) is 4.32. The van der Waals surface area contributed by atoms with Crippen molar-refractivity contribution in [2.45, 2.75) is 18.2 Å². The van der Waals surface area contributed by atoms with Gasteiger partial charge in [0.15, 0.2) is 11.5 Å². The predicted octanol–water partition coefficient (Wildman–Crippen LogP) is 2.77. The molecule has 2 heterocycles. The van der Waals surface area contributed by atoms with E-state index in [1.54, 1.807) is 12.1 Å². The second-order valence-corrected chi connectivity index (χ2v) is 6.74. The van der Waals surface area contributed by atoms with Crippen LogP contribution in [0.15, 0.2) is 30.6 Å². The zero-order valence-corrected chi connectivity index (χ0v) is 15.9. The number of ether oxygens (including phenoxy) is 2. The Hall–Kier alpha value is -2.72. The SMILES string of the molecule is Cn1ccnc1C(O)(CCNC(=O)/C=C/c1cc(Cl)c2c(c1)OCO2)C(F)(F)F. The van der Waals surface area contributed by atoms with Gasteiger partial charge in [0, 0.05) is 38.5 Å². The van der Waals surface area contributed by atoms with Crippen LogP contribution in [-0.4, -0.2) is 40.1 Å². The first-order valence-corrected chi connectivity index (χ1v) is 8.81. The highest BCUT2D eigenvalue weighted by molar-refractivity contribution is 6.32. The molecule has 29 heavy (non-hydrogen) atoms. The molecule has 1 aromatic carbocycles. The molecule has 0 fully saturated rings. The molecule has 1 atom stereocenters. The number of nitrogens with one attached hydrogen (secondary N) is 1. The average Bonchev–Trinajstić information content (AvgIpc) is 3.28. The summed E-state index contributed by atoms with van der Waals surface area (Å²) >= 11 is 6.05. The van der Waals surface area contributed by atoms with Crippen molar-refractivity contribution in [2.24, 2.45) is 7.05 Å². The van der Waals surface area contributed by atoms with Gasteiger partial charge < -0.3 is 24.5 Å². The number of benzene rings is 1. The second kappa shape index (κ2) is 7.96. The van der Waals surface area contributed by atoms with Crippen molar-refractivity contribution in [2.75, 3.05) is 13.3 Å². The number of amides is 1. The van der Waals surface area contributed by atoms with Crippen LogP contribution in [-0.2, 0) is 17.4 Å². The summed E-state index contributed by atoms with van der Waals surface area (Å²) in [7, 11) is 1.34. The number of imidazole rings is 1. The smallest absolute Gasteiger partial charge is 0.424 e. The van der Waals surface area contributed by atoms with Gasteiger partial charge in [-0.1, -0.05) is 11.6 Å². The highest BCUT2D eigenvalue weighted by Gasteiger charge is 2.57. The summed E-state index contributed by atoms with van der Waals surface area (Å²) in [5.41, 5.74) is -2.64. The average molecular weight is 432 g/mol. The Bertz CT molecular complexity index is 945. The summed E-state index contributed by atoms with van der Waals surface area (Å²) in [5, 5.41) is 12.8. The van der Waals surface area contributed by atoms with Crippen LogP contribution < -0.4 is 14.8 Å². The van der Waals surface area contributed by atoms with E-state index in [2.05, 4.69) is 10.3 Å². The number of hydrogen-bond acceptors (Lipinski definition) is 5. The number of halogens is 4. The van der Waals surface area contributed by atoms with E-state index in [0.29, 0.717) is 22.1 Å². The second-order valence-electron chi connectivity index (χ2n) is 6.33. The van der Waals surface area contributed by atoms with Crippen LogP contribution in [0.5, 0.6) is 11.5 Å². The number of nitrogens with zero attached hydrogens (tertiary/aromatic N) is 2. The van der Waals surface area contributed by atoms with Crippen LogP contribution in [0.4, 0.5) is 13.2 Å². The van der Waals surface area contributed by atoms with Crippen LogP contribution >= 0.6 is 11.6 Å². The lowest BCUT2D eigenvalue weighted by atomic mass is 9.97. The van der Waals surface area contributed by atoms with Gasteiger partial charge in [-0.25, -0.2) is 4.98 Å². The molecule has 7 nitrogen and oxygen atoms in total. The van der Waals surface area contributed by atoms with Gasteiger partial charge in [0.25, 0.3) is 0 Å². The predicted molar refractivity (Wildman–Crippen MR) is 97.4 cm³/mol. The van der Waals surface area contributed by atoms with E-state index in [0.717, 1.165) is 16.8 Å². The molecule has 2 N–H and O–H groups in total. The molecule has 1 amide bonds. The summed E-state index contributed by atoms with van der Waals surface area (Å²) in [6.45, 7) is -0.380. The van der Waals surface area contributed by atoms with E-state index in [9.17, 15) is 23.1 Å². The Balaban J connectivity index is 1.62. The van der Waals surface area contributed by atoms with Crippen molar-refractivity contribution >= 4 is 23.6 Å². The largest absolute Gasteiger partial charge is 0.454 e. The van der Waals surface area contributed by atoms with Gasteiger partial charge in [-0.05, 0) is 23.8 Å².